The van der Waals surface area contributed by atoms with Crippen molar-refractivity contribution >= 4 is 15.8 Å². The van der Waals surface area contributed by atoms with E-state index in [0.717, 1.165) is 0 Å². The van der Waals surface area contributed by atoms with E-state index in [2.05, 4.69) is 4.74 Å². The van der Waals surface area contributed by atoms with Gasteiger partial charge in [-0.15, -0.1) is 0 Å². The summed E-state index contributed by atoms with van der Waals surface area (Å²) in [7, 11) is -3.85. The molecule has 0 bridgehead atoms. The predicted molar refractivity (Wildman–Crippen MR) is 57.0 cm³/mol. The lowest BCUT2D eigenvalue weighted by Gasteiger charge is -2.11. The van der Waals surface area contributed by atoms with Crippen molar-refractivity contribution < 1.29 is 36.2 Å². The Bertz CT molecular complexity index is 363. The van der Waals surface area contributed by atoms with Crippen LogP contribution in [0.5, 0.6) is 0 Å². The van der Waals surface area contributed by atoms with Gasteiger partial charge in [-0.3, -0.25) is 4.79 Å². The molecule has 0 rings (SSSR count). The fourth-order valence-corrected chi connectivity index (χ4v) is 2.89. The number of hydrogen-bond acceptors (Lipinski definition) is 4. The number of aliphatic carboxylic acids is 1. The number of rotatable bonds is 8. The second-order valence-electron chi connectivity index (χ2n) is 3.62. The topological polar surface area (TPSA) is 80.7 Å². The number of ether oxygens (including phenoxy) is 1. The van der Waals surface area contributed by atoms with Gasteiger partial charge in [-0.1, -0.05) is 6.92 Å². The molecule has 0 aliphatic carbocycles. The van der Waals surface area contributed by atoms with Crippen LogP contribution in [0.2, 0.25) is 0 Å². The van der Waals surface area contributed by atoms with Gasteiger partial charge in [0.15, 0.2) is 15.1 Å². The molecule has 1 atom stereocenters. The summed E-state index contributed by atoms with van der Waals surface area (Å²) in [6.45, 7) is -0.408. The van der Waals surface area contributed by atoms with Crippen LogP contribution in [-0.2, 0) is 19.4 Å². The SMILES string of the molecule is CCC(C(=O)O)S(=O)(=O)CCCOCC(F)(F)F. The number of carboxylic acid groups (broad SMARTS) is 1. The summed E-state index contributed by atoms with van der Waals surface area (Å²) in [5, 5.41) is 7.15. The van der Waals surface area contributed by atoms with Gasteiger partial charge in [-0.05, 0) is 12.8 Å². The molecule has 0 spiro atoms. The maximum atomic E-state index is 11.7. The molecule has 0 aromatic heterocycles. The average molecular weight is 292 g/mol. The van der Waals surface area contributed by atoms with Gasteiger partial charge in [0.25, 0.3) is 0 Å². The summed E-state index contributed by atoms with van der Waals surface area (Å²) in [5.74, 6) is -1.95. The van der Waals surface area contributed by atoms with E-state index in [4.69, 9.17) is 5.11 Å². The van der Waals surface area contributed by atoms with Crippen molar-refractivity contribution in [3.05, 3.63) is 0 Å². The van der Waals surface area contributed by atoms with Crippen LogP contribution in [0.1, 0.15) is 19.8 Å². The standard InChI is InChI=1S/C9H15F3O5S/c1-2-7(8(13)14)18(15,16)5-3-4-17-6-9(10,11)12/h7H,2-6H2,1H3,(H,13,14). The summed E-state index contributed by atoms with van der Waals surface area (Å²) < 4.78 is 62.3. The zero-order valence-electron chi connectivity index (χ0n) is 9.74. The summed E-state index contributed by atoms with van der Waals surface area (Å²) in [4.78, 5) is 10.6. The Hall–Kier alpha value is -0.830. The molecule has 1 unspecified atom stereocenters. The monoisotopic (exact) mass is 292 g/mol. The van der Waals surface area contributed by atoms with Crippen LogP contribution in [0, 0.1) is 0 Å². The molecular formula is C9H15F3O5S. The van der Waals surface area contributed by atoms with Gasteiger partial charge >= 0.3 is 12.1 Å². The number of hydrogen-bond donors (Lipinski definition) is 1. The van der Waals surface area contributed by atoms with Crippen LogP contribution in [0.25, 0.3) is 0 Å². The van der Waals surface area contributed by atoms with E-state index in [1.54, 1.807) is 0 Å². The van der Waals surface area contributed by atoms with Crippen LogP contribution in [0.4, 0.5) is 13.2 Å². The normalized spacial score (nSPS) is 14.4. The van der Waals surface area contributed by atoms with Crippen molar-refractivity contribution in [2.45, 2.75) is 31.2 Å². The minimum Gasteiger partial charge on any atom is -0.480 e. The van der Waals surface area contributed by atoms with Gasteiger partial charge in [0.2, 0.25) is 0 Å². The molecule has 0 amide bonds. The molecule has 0 saturated heterocycles. The smallest absolute Gasteiger partial charge is 0.411 e. The molecule has 0 fully saturated rings. The maximum Gasteiger partial charge on any atom is 0.411 e. The maximum absolute atomic E-state index is 11.7. The molecule has 0 aliphatic rings. The molecule has 0 saturated carbocycles. The van der Waals surface area contributed by atoms with Gasteiger partial charge < -0.3 is 9.84 Å². The predicted octanol–water partition coefficient (Wildman–Crippen LogP) is 1.23. The summed E-state index contributed by atoms with van der Waals surface area (Å²) >= 11 is 0. The van der Waals surface area contributed by atoms with E-state index in [0.29, 0.717) is 0 Å². The minimum atomic E-state index is -4.45. The van der Waals surface area contributed by atoms with E-state index in [1.807, 2.05) is 0 Å². The highest BCUT2D eigenvalue weighted by atomic mass is 32.2. The third kappa shape index (κ3) is 6.80. The second kappa shape index (κ2) is 6.93. The van der Waals surface area contributed by atoms with E-state index in [1.165, 1.54) is 6.92 Å². The summed E-state index contributed by atoms with van der Waals surface area (Å²) in [6.07, 6.45) is -4.70. The lowest BCUT2D eigenvalue weighted by atomic mass is 10.3. The van der Waals surface area contributed by atoms with Crippen molar-refractivity contribution in [1.82, 2.24) is 0 Å². The molecule has 108 valence electrons. The number of carbonyl (C=O) groups is 1. The lowest BCUT2D eigenvalue weighted by Crippen LogP contribution is -2.31. The minimum absolute atomic E-state index is 0.0823. The van der Waals surface area contributed by atoms with Gasteiger partial charge in [-0.2, -0.15) is 13.2 Å². The molecule has 9 heteroatoms. The summed E-state index contributed by atoms with van der Waals surface area (Å²) in [6, 6.07) is 0. The zero-order valence-corrected chi connectivity index (χ0v) is 10.6. The van der Waals surface area contributed by atoms with Gasteiger partial charge in [0.05, 0.1) is 5.75 Å². The largest absolute Gasteiger partial charge is 0.480 e. The Labute approximate surface area is 103 Å². The third-order valence-corrected chi connectivity index (χ3v) is 4.32. The Kier molecular flexibility index (Phi) is 6.61. The highest BCUT2D eigenvalue weighted by molar-refractivity contribution is 7.92. The second-order valence-corrected chi connectivity index (χ2v) is 5.93. The van der Waals surface area contributed by atoms with Crippen LogP contribution in [0.15, 0.2) is 0 Å². The third-order valence-electron chi connectivity index (χ3n) is 2.06. The molecule has 0 aromatic carbocycles. The Morgan fingerprint density at radius 1 is 1.39 bits per heavy atom. The van der Waals surface area contributed by atoms with E-state index in [-0.39, 0.29) is 19.4 Å². The van der Waals surface area contributed by atoms with Crippen LogP contribution < -0.4 is 0 Å². The van der Waals surface area contributed by atoms with Crippen molar-refractivity contribution in [1.29, 1.82) is 0 Å². The first-order valence-corrected chi connectivity index (χ1v) is 6.90. The van der Waals surface area contributed by atoms with Crippen molar-refractivity contribution in [3.63, 3.8) is 0 Å². The number of halogens is 3. The molecule has 0 heterocycles. The molecule has 0 aliphatic heterocycles. The molecular weight excluding hydrogens is 277 g/mol. The first-order chi connectivity index (χ1) is 8.10. The van der Waals surface area contributed by atoms with E-state index >= 15 is 0 Å². The number of alkyl halides is 3. The quantitative estimate of drug-likeness (QED) is 0.681. The Balaban J connectivity index is 4.09. The molecule has 1 N–H and O–H groups in total. The van der Waals surface area contributed by atoms with Gasteiger partial charge in [0.1, 0.15) is 6.61 Å². The van der Waals surface area contributed by atoms with Gasteiger partial charge in [0, 0.05) is 6.61 Å². The molecule has 0 aromatic rings. The Morgan fingerprint density at radius 3 is 2.33 bits per heavy atom. The fourth-order valence-electron chi connectivity index (χ4n) is 1.27. The highest BCUT2D eigenvalue weighted by Gasteiger charge is 2.30. The molecule has 18 heavy (non-hydrogen) atoms. The van der Waals surface area contributed by atoms with Crippen LogP contribution >= 0.6 is 0 Å². The van der Waals surface area contributed by atoms with Crippen molar-refractivity contribution in [2.24, 2.45) is 0 Å². The highest BCUT2D eigenvalue weighted by Crippen LogP contribution is 2.15. The van der Waals surface area contributed by atoms with Crippen molar-refractivity contribution in [2.75, 3.05) is 19.0 Å². The molecule has 0 radical (unpaired) electrons. The van der Waals surface area contributed by atoms with E-state index in [9.17, 15) is 26.4 Å². The number of carboxylic acids is 1. The van der Waals surface area contributed by atoms with Gasteiger partial charge in [-0.25, -0.2) is 8.42 Å². The Morgan fingerprint density at radius 2 is 1.94 bits per heavy atom. The summed E-state index contributed by atoms with van der Waals surface area (Å²) in [5.41, 5.74) is 0. The lowest BCUT2D eigenvalue weighted by molar-refractivity contribution is -0.173. The average Bonchev–Trinajstić information content (AvgIpc) is 2.14. The van der Waals surface area contributed by atoms with Crippen LogP contribution in [0.3, 0.4) is 0 Å². The zero-order chi connectivity index (χ0) is 14.4. The van der Waals surface area contributed by atoms with Crippen molar-refractivity contribution in [3.8, 4) is 0 Å². The molecule has 5 nitrogen and oxygen atoms in total. The van der Waals surface area contributed by atoms with E-state index < -0.39 is 39.6 Å². The number of sulfone groups is 1. The first-order valence-electron chi connectivity index (χ1n) is 5.19. The van der Waals surface area contributed by atoms with Crippen LogP contribution in [-0.4, -0.2) is 49.9 Å². The first kappa shape index (κ1) is 17.2. The fraction of sp³-hybridized carbons (Fsp3) is 0.889.